The third kappa shape index (κ3) is 8.55. The van der Waals surface area contributed by atoms with Crippen molar-refractivity contribution in [2.24, 2.45) is 0 Å². The summed E-state index contributed by atoms with van der Waals surface area (Å²) in [5.74, 6) is 0. The molecule has 0 aromatic heterocycles. The summed E-state index contributed by atoms with van der Waals surface area (Å²) >= 11 is 0. The highest BCUT2D eigenvalue weighted by molar-refractivity contribution is 4.87. The van der Waals surface area contributed by atoms with Crippen LogP contribution in [0, 0.1) is 0 Å². The van der Waals surface area contributed by atoms with E-state index in [0.29, 0.717) is 6.42 Å². The van der Waals surface area contributed by atoms with Gasteiger partial charge in [-0.2, -0.15) is 0 Å². The second-order valence-corrected chi connectivity index (χ2v) is 3.08. The molecule has 0 aromatic rings. The fraction of sp³-hybridized carbons (Fsp3) is 1.00. The molecule has 0 radical (unpaired) electrons. The van der Waals surface area contributed by atoms with Gasteiger partial charge in [-0.25, -0.2) is 0 Å². The van der Waals surface area contributed by atoms with Crippen LogP contribution in [0.25, 0.3) is 0 Å². The van der Waals surface area contributed by atoms with E-state index in [-0.39, 0.29) is 12.6 Å². The molecule has 3 unspecified atom stereocenters. The second-order valence-electron chi connectivity index (χ2n) is 3.08. The van der Waals surface area contributed by atoms with Crippen molar-refractivity contribution in [1.82, 2.24) is 4.90 Å². The van der Waals surface area contributed by atoms with Crippen LogP contribution < -0.4 is 0 Å². The van der Waals surface area contributed by atoms with Crippen molar-refractivity contribution in [3.05, 3.63) is 0 Å². The lowest BCUT2D eigenvalue weighted by Gasteiger charge is -2.38. The van der Waals surface area contributed by atoms with Gasteiger partial charge in [-0.15, -0.1) is 0 Å². The minimum atomic E-state index is -0.807. The summed E-state index contributed by atoms with van der Waals surface area (Å²) in [5, 5.41) is 27.4. The van der Waals surface area contributed by atoms with Gasteiger partial charge in [0.05, 0.1) is 24.9 Å². The van der Waals surface area contributed by atoms with E-state index in [4.69, 9.17) is 5.11 Å². The number of likely N-dealkylation sites (N-methyl/N-ethyl adjacent to an activating group) is 1. The Bertz CT molecular complexity index is 134. The lowest BCUT2D eigenvalue weighted by Crippen LogP contribution is -2.54. The van der Waals surface area contributed by atoms with Crippen LogP contribution in [0.2, 0.25) is 0 Å². The molecule has 4 heteroatoms. The molecular weight excluding hydrogens is 218 g/mol. The minimum absolute atomic E-state index is 0.102. The van der Waals surface area contributed by atoms with E-state index >= 15 is 0 Å². The molecule has 0 bridgehead atoms. The van der Waals surface area contributed by atoms with Crippen molar-refractivity contribution in [3.8, 4) is 0 Å². The van der Waals surface area contributed by atoms with E-state index < -0.39 is 12.2 Å². The summed E-state index contributed by atoms with van der Waals surface area (Å²) < 4.78 is 0. The van der Waals surface area contributed by atoms with Gasteiger partial charge >= 0.3 is 0 Å². The Labute approximate surface area is 107 Å². The summed E-state index contributed by atoms with van der Waals surface area (Å²) in [6, 6.07) is -0.307. The number of nitrogens with zero attached hydrogens (tertiary/aromatic N) is 1. The standard InChI is InChI=1S/C7H15NO3.3C2H6/c1-8-3-2-6(10)7(11)5(8)4-9;3*1-2/h5-7,9-11H,2-4H2,1H3;3*1-2H3. The molecular formula is C13H33NO3. The number of hydrogen-bond donors (Lipinski definition) is 3. The molecule has 1 saturated heterocycles. The van der Waals surface area contributed by atoms with Gasteiger partial charge in [0.15, 0.2) is 0 Å². The Morgan fingerprint density at radius 1 is 1.00 bits per heavy atom. The van der Waals surface area contributed by atoms with Crippen molar-refractivity contribution in [3.63, 3.8) is 0 Å². The van der Waals surface area contributed by atoms with Crippen LogP contribution in [0.3, 0.4) is 0 Å². The zero-order valence-electron chi connectivity index (χ0n) is 12.6. The van der Waals surface area contributed by atoms with Crippen LogP contribution in [-0.2, 0) is 0 Å². The molecule has 0 aliphatic carbocycles. The normalized spacial score (nSPS) is 27.5. The van der Waals surface area contributed by atoms with Crippen molar-refractivity contribution in [1.29, 1.82) is 0 Å². The topological polar surface area (TPSA) is 63.9 Å². The zero-order valence-corrected chi connectivity index (χ0v) is 12.6. The third-order valence-corrected chi connectivity index (χ3v) is 2.32. The number of likely N-dealkylation sites (tertiary alicyclic amines) is 1. The molecule has 1 fully saturated rings. The van der Waals surface area contributed by atoms with Crippen molar-refractivity contribution in [2.45, 2.75) is 66.2 Å². The van der Waals surface area contributed by atoms with E-state index in [0.717, 1.165) is 6.54 Å². The predicted octanol–water partition coefficient (Wildman–Crippen LogP) is 1.48. The average Bonchev–Trinajstić information content (AvgIpc) is 2.42. The molecule has 0 spiro atoms. The first-order valence-corrected chi connectivity index (χ1v) is 6.84. The van der Waals surface area contributed by atoms with Crippen LogP contribution in [-0.4, -0.2) is 58.7 Å². The maximum absolute atomic E-state index is 9.36. The maximum Gasteiger partial charge on any atom is 0.0976 e. The molecule has 3 atom stereocenters. The second kappa shape index (κ2) is 15.8. The molecule has 1 heterocycles. The van der Waals surface area contributed by atoms with Crippen LogP contribution >= 0.6 is 0 Å². The highest BCUT2D eigenvalue weighted by atomic mass is 16.3. The monoisotopic (exact) mass is 251 g/mol. The molecule has 17 heavy (non-hydrogen) atoms. The Morgan fingerprint density at radius 3 is 1.71 bits per heavy atom. The number of rotatable bonds is 1. The van der Waals surface area contributed by atoms with Gasteiger partial charge in [0.2, 0.25) is 0 Å². The van der Waals surface area contributed by atoms with Crippen LogP contribution in [0.4, 0.5) is 0 Å². The van der Waals surface area contributed by atoms with Gasteiger partial charge in [0, 0.05) is 6.54 Å². The van der Waals surface area contributed by atoms with Gasteiger partial charge in [0.25, 0.3) is 0 Å². The minimum Gasteiger partial charge on any atom is -0.395 e. The molecule has 0 saturated carbocycles. The van der Waals surface area contributed by atoms with Gasteiger partial charge in [-0.05, 0) is 13.5 Å². The molecule has 108 valence electrons. The summed E-state index contributed by atoms with van der Waals surface area (Å²) in [7, 11) is 1.83. The Balaban J connectivity index is -0.000000285. The zero-order chi connectivity index (χ0) is 14.4. The number of aliphatic hydroxyl groups excluding tert-OH is 3. The summed E-state index contributed by atoms with van der Waals surface area (Å²) in [6.45, 7) is 12.6. The molecule has 1 rings (SSSR count). The lowest BCUT2D eigenvalue weighted by molar-refractivity contribution is -0.0818. The van der Waals surface area contributed by atoms with Crippen molar-refractivity contribution in [2.75, 3.05) is 20.2 Å². The summed E-state index contributed by atoms with van der Waals surface area (Å²) in [5.41, 5.74) is 0. The maximum atomic E-state index is 9.36. The molecule has 0 aromatic carbocycles. The fourth-order valence-electron chi connectivity index (χ4n) is 1.44. The number of aliphatic hydroxyl groups is 3. The van der Waals surface area contributed by atoms with Crippen LogP contribution in [0.1, 0.15) is 48.0 Å². The first-order valence-electron chi connectivity index (χ1n) is 6.84. The lowest BCUT2D eigenvalue weighted by atomic mass is 9.97. The highest BCUT2D eigenvalue weighted by Gasteiger charge is 2.33. The van der Waals surface area contributed by atoms with E-state index in [1.807, 2.05) is 53.5 Å². The summed E-state index contributed by atoms with van der Waals surface area (Å²) in [6.07, 6.45) is -0.907. The van der Waals surface area contributed by atoms with E-state index in [1.54, 1.807) is 0 Å². The SMILES string of the molecule is CC.CC.CC.CN1CCC(O)C(O)C1CO. The Kier molecular flexibility index (Phi) is 20.6. The fourth-order valence-corrected chi connectivity index (χ4v) is 1.44. The molecule has 0 amide bonds. The predicted molar refractivity (Wildman–Crippen MR) is 74.2 cm³/mol. The van der Waals surface area contributed by atoms with Crippen LogP contribution in [0.15, 0.2) is 0 Å². The Morgan fingerprint density at radius 2 is 1.41 bits per heavy atom. The van der Waals surface area contributed by atoms with Crippen molar-refractivity contribution < 1.29 is 15.3 Å². The Hall–Kier alpha value is -0.160. The largest absolute Gasteiger partial charge is 0.395 e. The smallest absolute Gasteiger partial charge is 0.0976 e. The van der Waals surface area contributed by atoms with Crippen molar-refractivity contribution >= 4 is 0 Å². The first-order chi connectivity index (χ1) is 8.16. The van der Waals surface area contributed by atoms with Gasteiger partial charge in [-0.3, -0.25) is 4.90 Å². The van der Waals surface area contributed by atoms with Gasteiger partial charge in [0.1, 0.15) is 0 Å². The number of piperidine rings is 1. The van der Waals surface area contributed by atoms with Crippen LogP contribution in [0.5, 0.6) is 0 Å². The summed E-state index contributed by atoms with van der Waals surface area (Å²) in [4.78, 5) is 1.86. The van der Waals surface area contributed by atoms with Gasteiger partial charge < -0.3 is 15.3 Å². The molecule has 4 nitrogen and oxygen atoms in total. The molecule has 1 aliphatic heterocycles. The van der Waals surface area contributed by atoms with E-state index in [9.17, 15) is 10.2 Å². The third-order valence-electron chi connectivity index (χ3n) is 2.32. The first kappa shape index (κ1) is 22.1. The van der Waals surface area contributed by atoms with E-state index in [1.165, 1.54) is 0 Å². The highest BCUT2D eigenvalue weighted by Crippen LogP contribution is 2.15. The number of hydrogen-bond acceptors (Lipinski definition) is 4. The van der Waals surface area contributed by atoms with E-state index in [2.05, 4.69) is 0 Å². The molecule has 3 N–H and O–H groups in total. The average molecular weight is 251 g/mol. The quantitative estimate of drug-likeness (QED) is 0.660. The van der Waals surface area contributed by atoms with Gasteiger partial charge in [-0.1, -0.05) is 41.5 Å². The molecule has 1 aliphatic rings.